The minimum Gasteiger partial charge on any atom is -0.449 e. The number of amides is 3. The summed E-state index contributed by atoms with van der Waals surface area (Å²) in [4.78, 5) is 34.4. The monoisotopic (exact) mass is 357 g/mol. The number of esters is 1. The third kappa shape index (κ3) is 5.86. The van der Waals surface area contributed by atoms with E-state index in [1.165, 1.54) is 20.0 Å². The Bertz CT molecular complexity index is 800. The van der Waals surface area contributed by atoms with Crippen molar-refractivity contribution in [2.45, 2.75) is 19.6 Å². The topological polar surface area (TPSA) is 115 Å². The smallest absolute Gasteiger partial charge is 0.331 e. The fraction of sp³-hybridized carbons (Fsp3) is 0.235. The molecule has 9 nitrogen and oxygen atoms in total. The summed E-state index contributed by atoms with van der Waals surface area (Å²) < 4.78 is 6.55. The van der Waals surface area contributed by atoms with E-state index >= 15 is 0 Å². The van der Waals surface area contributed by atoms with Gasteiger partial charge in [0.05, 0.1) is 12.7 Å². The van der Waals surface area contributed by atoms with E-state index in [9.17, 15) is 14.4 Å². The Morgan fingerprint density at radius 1 is 1.27 bits per heavy atom. The second-order valence-electron chi connectivity index (χ2n) is 5.31. The van der Waals surface area contributed by atoms with Crippen LogP contribution >= 0.6 is 0 Å². The summed E-state index contributed by atoms with van der Waals surface area (Å²) in [5.74, 6) is -1.46. The normalized spacial score (nSPS) is 11.8. The lowest BCUT2D eigenvalue weighted by atomic mass is 10.2. The molecule has 0 radical (unpaired) electrons. The van der Waals surface area contributed by atoms with Crippen LogP contribution in [0.5, 0.6) is 0 Å². The van der Waals surface area contributed by atoms with E-state index in [1.807, 2.05) is 35.6 Å². The highest BCUT2D eigenvalue weighted by Gasteiger charge is 2.18. The highest BCUT2D eigenvalue weighted by atomic mass is 16.5. The molecule has 0 fully saturated rings. The van der Waals surface area contributed by atoms with Gasteiger partial charge in [-0.3, -0.25) is 10.1 Å². The van der Waals surface area contributed by atoms with Crippen molar-refractivity contribution in [3.05, 3.63) is 53.9 Å². The molecule has 0 aliphatic rings. The van der Waals surface area contributed by atoms with E-state index in [0.717, 1.165) is 11.6 Å². The average Bonchev–Trinajstić information content (AvgIpc) is 3.08. The summed E-state index contributed by atoms with van der Waals surface area (Å²) in [5.41, 5.74) is 1.55. The summed E-state index contributed by atoms with van der Waals surface area (Å²) in [6, 6.07) is 9.07. The lowest BCUT2D eigenvalue weighted by molar-refractivity contribution is -0.149. The number of nitrogens with zero attached hydrogens (tertiary/aromatic N) is 3. The zero-order chi connectivity index (χ0) is 18.9. The maximum absolute atomic E-state index is 11.7. The minimum atomic E-state index is -1.11. The lowest BCUT2D eigenvalue weighted by Crippen LogP contribution is -2.43. The standard InChI is InChI=1S/C17H19N5O4/c1-12(16(24)19-17(25)18-2)26-15(23)9-8-14-11-22(21-20-14)10-13-6-4-3-5-7-13/h3-9,11-12H,10H2,1-2H3,(H2,18,19,24,25)/b9-8+/t12-/m0/s1. The third-order valence-corrected chi connectivity index (χ3v) is 3.26. The maximum Gasteiger partial charge on any atom is 0.331 e. The van der Waals surface area contributed by atoms with Crippen molar-refractivity contribution in [2.75, 3.05) is 7.05 Å². The van der Waals surface area contributed by atoms with E-state index < -0.39 is 24.0 Å². The molecule has 0 aliphatic heterocycles. The highest BCUT2D eigenvalue weighted by Crippen LogP contribution is 2.03. The summed E-state index contributed by atoms with van der Waals surface area (Å²) in [5, 5.41) is 12.2. The zero-order valence-electron chi connectivity index (χ0n) is 14.4. The zero-order valence-corrected chi connectivity index (χ0v) is 14.4. The van der Waals surface area contributed by atoms with Crippen molar-refractivity contribution in [1.29, 1.82) is 0 Å². The van der Waals surface area contributed by atoms with Gasteiger partial charge in [-0.05, 0) is 18.6 Å². The lowest BCUT2D eigenvalue weighted by Gasteiger charge is -2.10. The van der Waals surface area contributed by atoms with Gasteiger partial charge in [-0.15, -0.1) is 5.10 Å². The van der Waals surface area contributed by atoms with E-state index in [4.69, 9.17) is 4.74 Å². The number of aromatic nitrogens is 3. The number of nitrogens with one attached hydrogen (secondary N) is 2. The van der Waals surface area contributed by atoms with Crippen LogP contribution in [0.4, 0.5) is 4.79 Å². The van der Waals surface area contributed by atoms with E-state index in [2.05, 4.69) is 15.6 Å². The first-order chi connectivity index (χ1) is 12.5. The average molecular weight is 357 g/mol. The predicted octanol–water partition coefficient (Wildman–Crippen LogP) is 0.727. The molecule has 1 aromatic carbocycles. The van der Waals surface area contributed by atoms with Crippen molar-refractivity contribution in [3.8, 4) is 0 Å². The van der Waals surface area contributed by atoms with Crippen LogP contribution in [0.3, 0.4) is 0 Å². The summed E-state index contributed by atoms with van der Waals surface area (Å²) in [6.45, 7) is 1.92. The van der Waals surface area contributed by atoms with Crippen LogP contribution in [0.2, 0.25) is 0 Å². The molecule has 0 saturated heterocycles. The largest absolute Gasteiger partial charge is 0.449 e. The van der Waals surface area contributed by atoms with Crippen LogP contribution in [-0.4, -0.2) is 46.1 Å². The fourth-order valence-corrected chi connectivity index (χ4v) is 1.93. The molecule has 1 atom stereocenters. The molecule has 9 heteroatoms. The van der Waals surface area contributed by atoms with Crippen molar-refractivity contribution >= 4 is 24.0 Å². The van der Waals surface area contributed by atoms with Crippen LogP contribution in [0.15, 0.2) is 42.6 Å². The number of imide groups is 1. The predicted molar refractivity (Wildman–Crippen MR) is 92.8 cm³/mol. The first kappa shape index (κ1) is 18.8. The van der Waals surface area contributed by atoms with Gasteiger partial charge in [0.25, 0.3) is 5.91 Å². The number of hydrogen-bond donors (Lipinski definition) is 2. The molecule has 0 bridgehead atoms. The molecule has 136 valence electrons. The Morgan fingerprint density at radius 3 is 2.69 bits per heavy atom. The van der Waals surface area contributed by atoms with Gasteiger partial charge in [0.2, 0.25) is 0 Å². The Balaban J connectivity index is 1.86. The van der Waals surface area contributed by atoms with E-state index in [-0.39, 0.29) is 0 Å². The van der Waals surface area contributed by atoms with Crippen molar-refractivity contribution < 1.29 is 19.1 Å². The third-order valence-electron chi connectivity index (χ3n) is 3.26. The maximum atomic E-state index is 11.7. The number of ether oxygens (including phenoxy) is 1. The molecule has 0 saturated carbocycles. The molecule has 0 unspecified atom stereocenters. The van der Waals surface area contributed by atoms with Gasteiger partial charge in [-0.25, -0.2) is 14.3 Å². The second-order valence-corrected chi connectivity index (χ2v) is 5.31. The highest BCUT2D eigenvalue weighted by molar-refractivity contribution is 5.97. The molecule has 2 N–H and O–H groups in total. The molecule has 2 rings (SSSR count). The van der Waals surface area contributed by atoms with Gasteiger partial charge >= 0.3 is 12.0 Å². The van der Waals surface area contributed by atoms with Crippen LogP contribution in [0.25, 0.3) is 6.08 Å². The molecule has 1 heterocycles. The summed E-state index contributed by atoms with van der Waals surface area (Å²) in [6.07, 6.45) is 3.14. The van der Waals surface area contributed by atoms with Gasteiger partial charge in [-0.2, -0.15) is 0 Å². The molecule has 26 heavy (non-hydrogen) atoms. The Morgan fingerprint density at radius 2 is 2.00 bits per heavy atom. The number of carbonyl (C=O) groups is 3. The Labute approximate surface area is 150 Å². The molecular formula is C17H19N5O4. The molecule has 3 amide bonds. The number of rotatable bonds is 6. The second kappa shape index (κ2) is 9.11. The van der Waals surface area contributed by atoms with Crippen molar-refractivity contribution in [2.24, 2.45) is 0 Å². The molecule has 2 aromatic rings. The molecule has 0 aliphatic carbocycles. The number of hydrogen-bond acceptors (Lipinski definition) is 6. The van der Waals surface area contributed by atoms with Crippen LogP contribution < -0.4 is 10.6 Å². The first-order valence-corrected chi connectivity index (χ1v) is 7.83. The number of benzene rings is 1. The molecule has 1 aromatic heterocycles. The van der Waals surface area contributed by atoms with Gasteiger partial charge in [0.15, 0.2) is 6.10 Å². The van der Waals surface area contributed by atoms with Gasteiger partial charge in [-0.1, -0.05) is 35.5 Å². The summed E-state index contributed by atoms with van der Waals surface area (Å²) >= 11 is 0. The Kier molecular flexibility index (Phi) is 6.60. The minimum absolute atomic E-state index is 0.473. The molecule has 0 spiro atoms. The van der Waals surface area contributed by atoms with E-state index in [1.54, 1.807) is 10.9 Å². The number of urea groups is 1. The first-order valence-electron chi connectivity index (χ1n) is 7.83. The fourth-order valence-electron chi connectivity index (χ4n) is 1.93. The number of carbonyl (C=O) groups excluding carboxylic acids is 3. The van der Waals surface area contributed by atoms with Crippen LogP contribution in [0, 0.1) is 0 Å². The van der Waals surface area contributed by atoms with Gasteiger partial charge < -0.3 is 10.1 Å². The van der Waals surface area contributed by atoms with Crippen LogP contribution in [-0.2, 0) is 20.9 Å². The Hall–Kier alpha value is -3.49. The molecular weight excluding hydrogens is 338 g/mol. The van der Waals surface area contributed by atoms with Gasteiger partial charge in [0.1, 0.15) is 5.69 Å². The SMILES string of the molecule is CNC(=O)NC(=O)[C@H](C)OC(=O)/C=C/c1cn(Cc2ccccc2)nn1. The summed E-state index contributed by atoms with van der Waals surface area (Å²) in [7, 11) is 1.37. The van der Waals surface area contributed by atoms with Crippen molar-refractivity contribution in [3.63, 3.8) is 0 Å². The van der Waals surface area contributed by atoms with Crippen molar-refractivity contribution in [1.82, 2.24) is 25.6 Å². The van der Waals surface area contributed by atoms with E-state index in [0.29, 0.717) is 12.2 Å². The quantitative estimate of drug-likeness (QED) is 0.582. The van der Waals surface area contributed by atoms with Crippen LogP contribution in [0.1, 0.15) is 18.2 Å². The van der Waals surface area contributed by atoms with Gasteiger partial charge in [0, 0.05) is 13.1 Å².